The minimum absolute atomic E-state index is 0.262. The van der Waals surface area contributed by atoms with Gasteiger partial charge in [0.05, 0.1) is 18.3 Å². The number of hydrogen-bond donors (Lipinski definition) is 3. The SMILES string of the molecule is Cc1nc(CNC(=O)NCC(O)CN2CCC(C)CC2)sc1C. The minimum Gasteiger partial charge on any atom is -0.390 e. The Balaban J connectivity index is 1.61. The van der Waals surface area contributed by atoms with Crippen LogP contribution in [-0.2, 0) is 6.54 Å². The van der Waals surface area contributed by atoms with Gasteiger partial charge in [-0.2, -0.15) is 0 Å². The third-order valence-electron chi connectivity index (χ3n) is 4.32. The van der Waals surface area contributed by atoms with Crippen molar-refractivity contribution < 1.29 is 9.90 Å². The molecule has 1 atom stereocenters. The highest BCUT2D eigenvalue weighted by Crippen LogP contribution is 2.16. The van der Waals surface area contributed by atoms with Gasteiger partial charge in [-0.1, -0.05) is 6.92 Å². The van der Waals surface area contributed by atoms with E-state index in [0.29, 0.717) is 13.1 Å². The second-order valence-corrected chi connectivity index (χ2v) is 7.74. The summed E-state index contributed by atoms with van der Waals surface area (Å²) in [4.78, 5) is 19.6. The van der Waals surface area contributed by atoms with Gasteiger partial charge in [0.15, 0.2) is 0 Å². The lowest BCUT2D eigenvalue weighted by Gasteiger charge is -2.31. The summed E-state index contributed by atoms with van der Waals surface area (Å²) in [5, 5.41) is 16.4. The summed E-state index contributed by atoms with van der Waals surface area (Å²) in [6, 6.07) is -0.262. The molecule has 130 valence electrons. The van der Waals surface area contributed by atoms with E-state index >= 15 is 0 Å². The first-order chi connectivity index (χ1) is 10.9. The van der Waals surface area contributed by atoms with Gasteiger partial charge in [-0.25, -0.2) is 9.78 Å². The number of aromatic nitrogens is 1. The van der Waals surface area contributed by atoms with Crippen molar-refractivity contribution in [1.82, 2.24) is 20.5 Å². The summed E-state index contributed by atoms with van der Waals surface area (Å²) in [5.41, 5.74) is 1.01. The van der Waals surface area contributed by atoms with Crippen LogP contribution in [0.3, 0.4) is 0 Å². The van der Waals surface area contributed by atoms with E-state index in [1.165, 1.54) is 17.7 Å². The number of amides is 2. The fraction of sp³-hybridized carbons (Fsp3) is 0.750. The van der Waals surface area contributed by atoms with Crippen LogP contribution in [0.15, 0.2) is 0 Å². The Hall–Kier alpha value is -1.18. The topological polar surface area (TPSA) is 77.5 Å². The molecule has 1 aromatic heterocycles. The summed E-state index contributed by atoms with van der Waals surface area (Å²) in [7, 11) is 0. The van der Waals surface area contributed by atoms with Crippen molar-refractivity contribution in [2.45, 2.75) is 46.3 Å². The number of aliphatic hydroxyl groups excluding tert-OH is 1. The molecule has 0 aliphatic carbocycles. The third-order valence-corrected chi connectivity index (χ3v) is 5.39. The van der Waals surface area contributed by atoms with Gasteiger partial charge in [-0.3, -0.25) is 0 Å². The number of carbonyl (C=O) groups excluding carboxylic acids is 1. The number of piperidine rings is 1. The molecule has 0 aromatic carbocycles. The van der Waals surface area contributed by atoms with Crippen molar-refractivity contribution in [3.05, 3.63) is 15.6 Å². The molecule has 2 amide bonds. The van der Waals surface area contributed by atoms with Gasteiger partial charge in [0.2, 0.25) is 0 Å². The summed E-state index contributed by atoms with van der Waals surface area (Å²) < 4.78 is 0. The van der Waals surface area contributed by atoms with Crippen LogP contribution >= 0.6 is 11.3 Å². The van der Waals surface area contributed by atoms with Gasteiger partial charge >= 0.3 is 6.03 Å². The summed E-state index contributed by atoms with van der Waals surface area (Å²) >= 11 is 1.59. The number of hydrogen-bond acceptors (Lipinski definition) is 5. The van der Waals surface area contributed by atoms with Gasteiger partial charge in [0.25, 0.3) is 0 Å². The maximum atomic E-state index is 11.8. The highest BCUT2D eigenvalue weighted by molar-refractivity contribution is 7.11. The van der Waals surface area contributed by atoms with Crippen LogP contribution in [0.4, 0.5) is 4.79 Å². The Morgan fingerprint density at radius 1 is 1.39 bits per heavy atom. The van der Waals surface area contributed by atoms with Crippen LogP contribution < -0.4 is 10.6 Å². The van der Waals surface area contributed by atoms with Crippen LogP contribution in [0.1, 0.15) is 35.3 Å². The largest absolute Gasteiger partial charge is 0.390 e. The van der Waals surface area contributed by atoms with Crippen LogP contribution in [0.2, 0.25) is 0 Å². The van der Waals surface area contributed by atoms with E-state index in [2.05, 4.69) is 27.4 Å². The molecular weight excluding hydrogens is 312 g/mol. The Morgan fingerprint density at radius 3 is 2.70 bits per heavy atom. The molecule has 6 nitrogen and oxygen atoms in total. The van der Waals surface area contributed by atoms with Gasteiger partial charge in [-0.15, -0.1) is 11.3 Å². The van der Waals surface area contributed by atoms with Crippen LogP contribution in [0.5, 0.6) is 0 Å². The number of nitrogens with zero attached hydrogens (tertiary/aromatic N) is 2. The summed E-state index contributed by atoms with van der Waals surface area (Å²) in [6.07, 6.45) is 1.85. The predicted molar refractivity (Wildman–Crippen MR) is 92.7 cm³/mol. The Kier molecular flexibility index (Phi) is 6.80. The van der Waals surface area contributed by atoms with Crippen molar-refractivity contribution >= 4 is 17.4 Å². The molecule has 1 unspecified atom stereocenters. The molecule has 0 bridgehead atoms. The number of carbonyl (C=O) groups is 1. The molecule has 1 fully saturated rings. The number of β-amino-alcohol motifs (C(OH)–C–C–N with tert-alkyl or cyclic N) is 1. The lowest BCUT2D eigenvalue weighted by atomic mass is 9.99. The van der Waals surface area contributed by atoms with E-state index in [9.17, 15) is 9.90 Å². The molecular formula is C16H28N4O2S. The molecule has 1 aromatic rings. The number of nitrogens with one attached hydrogen (secondary N) is 2. The standard InChI is InChI=1S/C16H28N4O2S/c1-11-4-6-20(7-5-11)10-14(21)8-17-16(22)18-9-15-19-12(2)13(3)23-15/h11,14,21H,4-10H2,1-3H3,(H2,17,18,22). The number of aryl methyl sites for hydroxylation is 2. The van der Waals surface area contributed by atoms with E-state index in [-0.39, 0.29) is 12.6 Å². The average molecular weight is 340 g/mol. The van der Waals surface area contributed by atoms with Gasteiger partial charge in [0.1, 0.15) is 5.01 Å². The van der Waals surface area contributed by atoms with Crippen LogP contribution in [0.25, 0.3) is 0 Å². The molecule has 0 saturated carbocycles. The number of likely N-dealkylation sites (tertiary alicyclic amines) is 1. The lowest BCUT2D eigenvalue weighted by molar-refractivity contribution is 0.0920. The molecule has 2 rings (SSSR count). The molecule has 23 heavy (non-hydrogen) atoms. The zero-order valence-electron chi connectivity index (χ0n) is 14.3. The first kappa shape index (κ1) is 18.2. The highest BCUT2D eigenvalue weighted by atomic mass is 32.1. The second-order valence-electron chi connectivity index (χ2n) is 6.45. The fourth-order valence-electron chi connectivity index (χ4n) is 2.65. The molecule has 1 aliphatic rings. The Morgan fingerprint density at radius 2 is 2.09 bits per heavy atom. The van der Waals surface area contributed by atoms with Crippen LogP contribution in [0, 0.1) is 19.8 Å². The van der Waals surface area contributed by atoms with Crippen molar-refractivity contribution in [2.24, 2.45) is 5.92 Å². The first-order valence-electron chi connectivity index (χ1n) is 8.29. The Labute approximate surface area is 142 Å². The number of thiazole rings is 1. The monoisotopic (exact) mass is 340 g/mol. The van der Waals surface area contributed by atoms with Gasteiger partial charge in [0, 0.05) is 18.0 Å². The number of aliphatic hydroxyl groups is 1. The van der Waals surface area contributed by atoms with Crippen molar-refractivity contribution in [3.8, 4) is 0 Å². The minimum atomic E-state index is -0.529. The molecule has 0 radical (unpaired) electrons. The quantitative estimate of drug-likeness (QED) is 0.736. The van der Waals surface area contributed by atoms with Crippen LogP contribution in [-0.4, -0.2) is 53.3 Å². The first-order valence-corrected chi connectivity index (χ1v) is 9.10. The highest BCUT2D eigenvalue weighted by Gasteiger charge is 2.18. The number of urea groups is 1. The number of rotatable bonds is 6. The summed E-state index contributed by atoms with van der Waals surface area (Å²) in [6.45, 7) is 9.64. The molecule has 1 aliphatic heterocycles. The Bertz CT molecular complexity index is 493. The van der Waals surface area contributed by atoms with E-state index < -0.39 is 6.10 Å². The maximum absolute atomic E-state index is 11.8. The van der Waals surface area contributed by atoms with Gasteiger partial charge < -0.3 is 20.6 Å². The van der Waals surface area contributed by atoms with Crippen molar-refractivity contribution in [2.75, 3.05) is 26.2 Å². The van der Waals surface area contributed by atoms with Crippen molar-refractivity contribution in [1.29, 1.82) is 0 Å². The molecule has 7 heteroatoms. The van der Waals surface area contributed by atoms with E-state index in [4.69, 9.17) is 0 Å². The second kappa shape index (κ2) is 8.61. The predicted octanol–water partition coefficient (Wildman–Crippen LogP) is 1.65. The normalized spacial score (nSPS) is 17.9. The van der Waals surface area contributed by atoms with Crippen molar-refractivity contribution in [3.63, 3.8) is 0 Å². The lowest BCUT2D eigenvalue weighted by Crippen LogP contribution is -2.45. The molecule has 1 saturated heterocycles. The third kappa shape index (κ3) is 6.08. The summed E-state index contributed by atoms with van der Waals surface area (Å²) in [5.74, 6) is 0.783. The molecule has 2 heterocycles. The average Bonchev–Trinajstić information content (AvgIpc) is 2.84. The molecule has 3 N–H and O–H groups in total. The zero-order valence-corrected chi connectivity index (χ0v) is 15.1. The fourth-order valence-corrected chi connectivity index (χ4v) is 3.52. The van der Waals surface area contributed by atoms with Gasteiger partial charge in [-0.05, 0) is 45.7 Å². The zero-order chi connectivity index (χ0) is 16.8. The smallest absolute Gasteiger partial charge is 0.315 e. The van der Waals surface area contributed by atoms with E-state index in [1.807, 2.05) is 13.8 Å². The molecule has 0 spiro atoms. The van der Waals surface area contributed by atoms with E-state index in [1.54, 1.807) is 11.3 Å². The van der Waals surface area contributed by atoms with E-state index in [0.717, 1.165) is 29.7 Å². The maximum Gasteiger partial charge on any atom is 0.315 e.